The number of para-hydroxylation sites is 1. The first-order valence-electron chi connectivity index (χ1n) is 8.93. The molecule has 1 unspecified atom stereocenters. The van der Waals surface area contributed by atoms with E-state index in [-0.39, 0.29) is 12.6 Å². The second kappa shape index (κ2) is 7.15. The molecule has 4 rings (SSSR count). The summed E-state index contributed by atoms with van der Waals surface area (Å²) in [5.74, 6) is -1.07. The number of carboxylic acids is 1. The minimum Gasteiger partial charge on any atom is -0.479 e. The lowest BCUT2D eigenvalue weighted by Gasteiger charge is -2.28. The lowest BCUT2D eigenvalue weighted by Crippen LogP contribution is -2.40. The van der Waals surface area contributed by atoms with Crippen LogP contribution in [0.3, 0.4) is 0 Å². The molecule has 2 N–H and O–H groups in total. The molecule has 138 valence electrons. The van der Waals surface area contributed by atoms with Gasteiger partial charge in [-0.3, -0.25) is 4.90 Å². The van der Waals surface area contributed by atoms with Crippen molar-refractivity contribution in [1.82, 2.24) is 9.88 Å². The number of nitrogens with zero attached hydrogens (tertiary/aromatic N) is 1. The molecule has 6 nitrogen and oxygen atoms in total. The van der Waals surface area contributed by atoms with Crippen LogP contribution >= 0.6 is 0 Å². The fraction of sp³-hybridized carbons (Fsp3) is 0.238. The summed E-state index contributed by atoms with van der Waals surface area (Å²) < 4.78 is 5.45. The average Bonchev–Trinajstić information content (AvgIpc) is 3.44. The fourth-order valence-electron chi connectivity index (χ4n) is 3.33. The van der Waals surface area contributed by atoms with Gasteiger partial charge in [-0.15, -0.1) is 0 Å². The van der Waals surface area contributed by atoms with Gasteiger partial charge in [0.25, 0.3) is 0 Å². The minimum absolute atomic E-state index is 0.108. The van der Waals surface area contributed by atoms with E-state index < -0.39 is 18.1 Å². The van der Waals surface area contributed by atoms with Crippen molar-refractivity contribution < 1.29 is 19.4 Å². The van der Waals surface area contributed by atoms with E-state index in [1.165, 1.54) is 4.90 Å². The number of aromatic amines is 1. The SMILES string of the molecule is O=C(O)C(c1c[nH]c2ccccc12)N(C(=O)OCc1ccccc1)C1CC1. The molecule has 1 aliphatic carbocycles. The van der Waals surface area contributed by atoms with Gasteiger partial charge in [-0.2, -0.15) is 0 Å². The van der Waals surface area contributed by atoms with Crippen LogP contribution in [0.4, 0.5) is 4.79 Å². The monoisotopic (exact) mass is 364 g/mol. The third-order valence-electron chi connectivity index (χ3n) is 4.78. The van der Waals surface area contributed by atoms with Crippen molar-refractivity contribution >= 4 is 23.0 Å². The Hall–Kier alpha value is -3.28. The Balaban J connectivity index is 1.62. The van der Waals surface area contributed by atoms with Crippen LogP contribution in [0.1, 0.15) is 30.0 Å². The van der Waals surface area contributed by atoms with E-state index >= 15 is 0 Å². The van der Waals surface area contributed by atoms with Gasteiger partial charge in [0.15, 0.2) is 6.04 Å². The van der Waals surface area contributed by atoms with Gasteiger partial charge in [0.2, 0.25) is 0 Å². The number of aromatic nitrogens is 1. The summed E-state index contributed by atoms with van der Waals surface area (Å²) in [6.45, 7) is 0.114. The molecule has 6 heteroatoms. The number of carboxylic acid groups (broad SMARTS) is 1. The molecule has 0 radical (unpaired) electrons. The summed E-state index contributed by atoms with van der Waals surface area (Å²) in [6, 6.07) is 15.6. The highest BCUT2D eigenvalue weighted by Crippen LogP contribution is 2.37. The Labute approximate surface area is 156 Å². The summed E-state index contributed by atoms with van der Waals surface area (Å²) in [4.78, 5) is 29.4. The van der Waals surface area contributed by atoms with E-state index in [1.807, 2.05) is 54.6 Å². The zero-order chi connectivity index (χ0) is 18.8. The van der Waals surface area contributed by atoms with Gasteiger partial charge < -0.3 is 14.8 Å². The summed E-state index contributed by atoms with van der Waals surface area (Å²) in [5.41, 5.74) is 2.27. The van der Waals surface area contributed by atoms with E-state index in [2.05, 4.69) is 4.98 Å². The average molecular weight is 364 g/mol. The molecule has 1 atom stereocenters. The lowest BCUT2D eigenvalue weighted by atomic mass is 10.0. The van der Waals surface area contributed by atoms with Crippen LogP contribution < -0.4 is 0 Å². The predicted octanol–water partition coefficient (Wildman–Crippen LogP) is 4.09. The molecule has 1 fully saturated rings. The number of ether oxygens (including phenoxy) is 1. The molecule has 27 heavy (non-hydrogen) atoms. The van der Waals surface area contributed by atoms with Crippen molar-refractivity contribution in [3.05, 3.63) is 71.9 Å². The number of nitrogens with one attached hydrogen (secondary N) is 1. The number of aliphatic carboxylic acids is 1. The number of amides is 1. The van der Waals surface area contributed by atoms with Gasteiger partial charge in [0, 0.05) is 28.7 Å². The zero-order valence-electron chi connectivity index (χ0n) is 14.7. The van der Waals surface area contributed by atoms with Crippen molar-refractivity contribution in [2.45, 2.75) is 31.5 Å². The number of fused-ring (bicyclic) bond motifs is 1. The van der Waals surface area contributed by atoms with E-state index in [0.29, 0.717) is 5.56 Å². The summed E-state index contributed by atoms with van der Waals surface area (Å²) >= 11 is 0. The number of hydrogen-bond acceptors (Lipinski definition) is 3. The molecule has 0 spiro atoms. The second-order valence-electron chi connectivity index (χ2n) is 6.71. The van der Waals surface area contributed by atoms with E-state index in [1.54, 1.807) is 6.20 Å². The van der Waals surface area contributed by atoms with Crippen LogP contribution in [0.25, 0.3) is 10.9 Å². The summed E-state index contributed by atoms with van der Waals surface area (Å²) in [6.07, 6.45) is 2.64. The number of rotatable bonds is 6. The highest BCUT2D eigenvalue weighted by molar-refractivity contribution is 5.91. The number of H-pyrrole nitrogens is 1. The van der Waals surface area contributed by atoms with E-state index in [4.69, 9.17) is 4.74 Å². The van der Waals surface area contributed by atoms with Crippen molar-refractivity contribution in [3.8, 4) is 0 Å². The molecular formula is C21H20N2O4. The first kappa shape index (κ1) is 17.1. The quantitative estimate of drug-likeness (QED) is 0.690. The first-order chi connectivity index (χ1) is 13.1. The topological polar surface area (TPSA) is 82.6 Å². The fourth-order valence-corrected chi connectivity index (χ4v) is 3.33. The van der Waals surface area contributed by atoms with Crippen LogP contribution in [0.2, 0.25) is 0 Å². The normalized spacial score (nSPS) is 14.7. The van der Waals surface area contributed by atoms with Crippen LogP contribution in [0.5, 0.6) is 0 Å². The van der Waals surface area contributed by atoms with Crippen molar-refractivity contribution in [3.63, 3.8) is 0 Å². The molecule has 2 aromatic carbocycles. The van der Waals surface area contributed by atoms with Crippen molar-refractivity contribution in [2.75, 3.05) is 0 Å². The van der Waals surface area contributed by atoms with E-state index in [9.17, 15) is 14.7 Å². The Kier molecular flexibility index (Phi) is 4.54. The molecule has 1 aliphatic rings. The molecular weight excluding hydrogens is 344 g/mol. The Morgan fingerprint density at radius 1 is 1.11 bits per heavy atom. The van der Waals surface area contributed by atoms with Gasteiger partial charge in [-0.1, -0.05) is 48.5 Å². The number of benzene rings is 2. The van der Waals surface area contributed by atoms with Gasteiger partial charge in [0.1, 0.15) is 6.61 Å². The van der Waals surface area contributed by atoms with Gasteiger partial charge in [-0.25, -0.2) is 9.59 Å². The smallest absolute Gasteiger partial charge is 0.411 e. The largest absolute Gasteiger partial charge is 0.479 e. The first-order valence-corrected chi connectivity index (χ1v) is 8.93. The molecule has 1 saturated carbocycles. The summed E-state index contributed by atoms with van der Waals surface area (Å²) in [5, 5.41) is 10.7. The highest BCUT2D eigenvalue weighted by Gasteiger charge is 2.43. The van der Waals surface area contributed by atoms with Crippen LogP contribution in [0, 0.1) is 0 Å². The molecule has 1 amide bonds. The van der Waals surface area contributed by atoms with E-state index in [0.717, 1.165) is 29.3 Å². The molecule has 0 aliphatic heterocycles. The molecule has 1 aromatic heterocycles. The predicted molar refractivity (Wildman–Crippen MR) is 100 cm³/mol. The Bertz CT molecular complexity index is 962. The van der Waals surface area contributed by atoms with Crippen molar-refractivity contribution in [1.29, 1.82) is 0 Å². The van der Waals surface area contributed by atoms with Crippen molar-refractivity contribution in [2.24, 2.45) is 0 Å². The Morgan fingerprint density at radius 3 is 2.52 bits per heavy atom. The number of carbonyl (C=O) groups excluding carboxylic acids is 1. The van der Waals surface area contributed by atoms with Crippen LogP contribution in [-0.2, 0) is 16.1 Å². The molecule has 0 bridgehead atoms. The molecule has 1 heterocycles. The second-order valence-corrected chi connectivity index (χ2v) is 6.71. The molecule has 0 saturated heterocycles. The zero-order valence-corrected chi connectivity index (χ0v) is 14.7. The third kappa shape index (κ3) is 3.51. The van der Waals surface area contributed by atoms with Gasteiger partial charge in [-0.05, 0) is 24.5 Å². The maximum absolute atomic E-state index is 12.8. The van der Waals surface area contributed by atoms with Gasteiger partial charge >= 0.3 is 12.1 Å². The van der Waals surface area contributed by atoms with Crippen LogP contribution in [-0.4, -0.2) is 33.1 Å². The minimum atomic E-state index is -1.09. The van der Waals surface area contributed by atoms with Crippen LogP contribution in [0.15, 0.2) is 60.8 Å². The molecule has 3 aromatic rings. The maximum atomic E-state index is 12.8. The number of hydrogen-bond donors (Lipinski definition) is 2. The maximum Gasteiger partial charge on any atom is 0.411 e. The number of carbonyl (C=O) groups is 2. The van der Waals surface area contributed by atoms with Gasteiger partial charge in [0.05, 0.1) is 0 Å². The third-order valence-corrected chi connectivity index (χ3v) is 4.78. The Morgan fingerprint density at radius 2 is 1.81 bits per heavy atom. The lowest BCUT2D eigenvalue weighted by molar-refractivity contribution is -0.143. The highest BCUT2D eigenvalue weighted by atomic mass is 16.6. The summed E-state index contributed by atoms with van der Waals surface area (Å²) in [7, 11) is 0. The standard InChI is InChI=1S/C21H20N2O4/c24-20(25)19(17-12-22-18-9-5-4-8-16(17)18)23(15-10-11-15)21(26)27-13-14-6-2-1-3-7-14/h1-9,12,15,19,22H,10-11,13H2,(H,24,25).